The second kappa shape index (κ2) is 2.81. The summed E-state index contributed by atoms with van der Waals surface area (Å²) in [5, 5.41) is 0. The van der Waals surface area contributed by atoms with Crippen LogP contribution < -0.4 is 4.90 Å². The van der Waals surface area contributed by atoms with Gasteiger partial charge < -0.3 is 9.47 Å². The van der Waals surface area contributed by atoms with Crippen molar-refractivity contribution in [2.24, 2.45) is 7.05 Å². The molecule has 2 heterocycles. The molecule has 0 atom stereocenters. The van der Waals surface area contributed by atoms with E-state index in [0.29, 0.717) is 0 Å². The molecule has 1 fully saturated rings. The Morgan fingerprint density at radius 1 is 1.33 bits per heavy atom. The number of rotatable bonds is 1. The van der Waals surface area contributed by atoms with Crippen LogP contribution in [0.1, 0.15) is 18.7 Å². The van der Waals surface area contributed by atoms with E-state index in [0.717, 1.165) is 11.6 Å². The molecule has 1 aliphatic rings. The zero-order chi connectivity index (χ0) is 8.55. The van der Waals surface area contributed by atoms with Gasteiger partial charge >= 0.3 is 0 Å². The SMILES string of the molecule is Cc1nc(N2CCCC2)cn1C. The van der Waals surface area contributed by atoms with E-state index >= 15 is 0 Å². The topological polar surface area (TPSA) is 21.1 Å². The van der Waals surface area contributed by atoms with E-state index in [1.54, 1.807) is 0 Å². The van der Waals surface area contributed by atoms with Gasteiger partial charge in [0.1, 0.15) is 11.6 Å². The third-order valence-corrected chi connectivity index (χ3v) is 2.53. The number of aromatic nitrogens is 2. The van der Waals surface area contributed by atoms with Crippen molar-refractivity contribution in [3.8, 4) is 0 Å². The molecule has 0 unspecified atom stereocenters. The highest BCUT2D eigenvalue weighted by molar-refractivity contribution is 5.38. The van der Waals surface area contributed by atoms with Gasteiger partial charge in [0.05, 0.1) is 0 Å². The number of hydrogen-bond donors (Lipinski definition) is 0. The third-order valence-electron chi connectivity index (χ3n) is 2.53. The Labute approximate surface area is 73.0 Å². The first-order valence-corrected chi connectivity index (χ1v) is 4.52. The number of hydrogen-bond acceptors (Lipinski definition) is 2. The molecule has 1 aromatic rings. The van der Waals surface area contributed by atoms with E-state index in [1.165, 1.54) is 25.9 Å². The van der Waals surface area contributed by atoms with E-state index in [2.05, 4.69) is 20.6 Å². The molecule has 0 bridgehead atoms. The summed E-state index contributed by atoms with van der Waals surface area (Å²) in [6, 6.07) is 0. The van der Waals surface area contributed by atoms with Crippen LogP contribution in [0.25, 0.3) is 0 Å². The van der Waals surface area contributed by atoms with Gasteiger partial charge in [0.15, 0.2) is 0 Å². The molecule has 3 heteroatoms. The summed E-state index contributed by atoms with van der Waals surface area (Å²) in [5.41, 5.74) is 0. The fourth-order valence-electron chi connectivity index (χ4n) is 1.64. The summed E-state index contributed by atoms with van der Waals surface area (Å²) in [6.45, 7) is 4.40. The second-order valence-corrected chi connectivity index (χ2v) is 3.45. The minimum absolute atomic E-state index is 1.09. The summed E-state index contributed by atoms with van der Waals surface area (Å²) < 4.78 is 2.08. The lowest BCUT2D eigenvalue weighted by Crippen LogP contribution is -2.17. The number of anilines is 1. The lowest BCUT2D eigenvalue weighted by Gasteiger charge is -2.12. The Kier molecular flexibility index (Phi) is 1.79. The third kappa shape index (κ3) is 1.19. The standard InChI is InChI=1S/C9H15N3/c1-8-10-9(7-11(8)2)12-5-3-4-6-12/h7H,3-6H2,1-2H3. The van der Waals surface area contributed by atoms with E-state index < -0.39 is 0 Å². The molecule has 12 heavy (non-hydrogen) atoms. The van der Waals surface area contributed by atoms with Crippen molar-refractivity contribution < 1.29 is 0 Å². The molecule has 0 aromatic carbocycles. The van der Waals surface area contributed by atoms with Gasteiger partial charge in [0, 0.05) is 26.3 Å². The van der Waals surface area contributed by atoms with E-state index in [4.69, 9.17) is 0 Å². The van der Waals surface area contributed by atoms with Gasteiger partial charge in [-0.25, -0.2) is 4.98 Å². The molecule has 0 N–H and O–H groups in total. The molecule has 0 amide bonds. The molecule has 0 radical (unpaired) electrons. The highest BCUT2D eigenvalue weighted by atomic mass is 15.2. The molecule has 1 aliphatic heterocycles. The minimum atomic E-state index is 1.09. The van der Waals surface area contributed by atoms with Crippen molar-refractivity contribution in [2.75, 3.05) is 18.0 Å². The zero-order valence-corrected chi connectivity index (χ0v) is 7.75. The van der Waals surface area contributed by atoms with Gasteiger partial charge in [-0.1, -0.05) is 0 Å². The highest BCUT2D eigenvalue weighted by Crippen LogP contribution is 2.18. The van der Waals surface area contributed by atoms with Gasteiger partial charge in [-0.15, -0.1) is 0 Å². The normalized spacial score (nSPS) is 17.3. The lowest BCUT2D eigenvalue weighted by molar-refractivity contribution is 0.858. The smallest absolute Gasteiger partial charge is 0.147 e. The second-order valence-electron chi connectivity index (χ2n) is 3.45. The average molecular weight is 165 g/mol. The summed E-state index contributed by atoms with van der Waals surface area (Å²) in [5.74, 6) is 2.24. The average Bonchev–Trinajstić information content (AvgIpc) is 2.61. The predicted octanol–water partition coefficient (Wildman–Crippen LogP) is 1.33. The Morgan fingerprint density at radius 2 is 2.00 bits per heavy atom. The van der Waals surface area contributed by atoms with Crippen molar-refractivity contribution in [1.82, 2.24) is 9.55 Å². The van der Waals surface area contributed by atoms with Crippen molar-refractivity contribution >= 4 is 5.82 Å². The quantitative estimate of drug-likeness (QED) is 0.626. The molecule has 0 spiro atoms. The fraction of sp³-hybridized carbons (Fsp3) is 0.667. The van der Waals surface area contributed by atoms with Gasteiger partial charge in [-0.05, 0) is 19.8 Å². The maximum atomic E-state index is 4.48. The van der Waals surface area contributed by atoms with Crippen molar-refractivity contribution in [1.29, 1.82) is 0 Å². The summed E-state index contributed by atoms with van der Waals surface area (Å²) in [7, 11) is 2.04. The van der Waals surface area contributed by atoms with Crippen molar-refractivity contribution in [2.45, 2.75) is 19.8 Å². The number of aryl methyl sites for hydroxylation is 2. The van der Waals surface area contributed by atoms with Crippen LogP contribution in [0.4, 0.5) is 5.82 Å². The van der Waals surface area contributed by atoms with E-state index in [-0.39, 0.29) is 0 Å². The predicted molar refractivity (Wildman–Crippen MR) is 49.4 cm³/mol. The van der Waals surface area contributed by atoms with Gasteiger partial charge in [0.25, 0.3) is 0 Å². The maximum absolute atomic E-state index is 4.48. The van der Waals surface area contributed by atoms with Gasteiger partial charge in [0.2, 0.25) is 0 Å². The van der Waals surface area contributed by atoms with E-state index in [1.807, 2.05) is 14.0 Å². The van der Waals surface area contributed by atoms with Crippen LogP contribution in [0.2, 0.25) is 0 Å². The molecule has 3 nitrogen and oxygen atoms in total. The Bertz CT molecular complexity index is 252. The molecule has 0 aliphatic carbocycles. The Balaban J connectivity index is 2.21. The molecular weight excluding hydrogens is 150 g/mol. The molecular formula is C9H15N3. The molecule has 2 rings (SSSR count). The van der Waals surface area contributed by atoms with Crippen molar-refractivity contribution in [3.63, 3.8) is 0 Å². The zero-order valence-electron chi connectivity index (χ0n) is 7.75. The minimum Gasteiger partial charge on any atom is -0.355 e. The first kappa shape index (κ1) is 7.65. The van der Waals surface area contributed by atoms with Crippen LogP contribution in [0.5, 0.6) is 0 Å². The summed E-state index contributed by atoms with van der Waals surface area (Å²) in [6.07, 6.45) is 4.74. The lowest BCUT2D eigenvalue weighted by atomic mass is 10.4. The van der Waals surface area contributed by atoms with Crippen LogP contribution in [-0.4, -0.2) is 22.6 Å². The molecule has 1 aromatic heterocycles. The monoisotopic (exact) mass is 165 g/mol. The van der Waals surface area contributed by atoms with Crippen LogP contribution in [0.15, 0.2) is 6.20 Å². The first-order chi connectivity index (χ1) is 5.77. The van der Waals surface area contributed by atoms with Crippen LogP contribution >= 0.6 is 0 Å². The van der Waals surface area contributed by atoms with Crippen LogP contribution in [0.3, 0.4) is 0 Å². The Hall–Kier alpha value is -0.990. The largest absolute Gasteiger partial charge is 0.355 e. The molecule has 66 valence electrons. The van der Waals surface area contributed by atoms with Gasteiger partial charge in [-0.3, -0.25) is 0 Å². The number of nitrogens with zero attached hydrogens (tertiary/aromatic N) is 3. The van der Waals surface area contributed by atoms with Crippen LogP contribution in [-0.2, 0) is 7.05 Å². The maximum Gasteiger partial charge on any atom is 0.147 e. The van der Waals surface area contributed by atoms with Gasteiger partial charge in [-0.2, -0.15) is 0 Å². The number of imidazole rings is 1. The summed E-state index contributed by atoms with van der Waals surface area (Å²) in [4.78, 5) is 6.84. The highest BCUT2D eigenvalue weighted by Gasteiger charge is 2.14. The molecule has 1 saturated heterocycles. The van der Waals surface area contributed by atoms with E-state index in [9.17, 15) is 0 Å². The first-order valence-electron chi connectivity index (χ1n) is 4.52. The molecule has 0 saturated carbocycles. The fourth-order valence-corrected chi connectivity index (χ4v) is 1.64. The summed E-state index contributed by atoms with van der Waals surface area (Å²) >= 11 is 0. The Morgan fingerprint density at radius 3 is 2.50 bits per heavy atom. The van der Waals surface area contributed by atoms with Crippen LogP contribution in [0, 0.1) is 6.92 Å². The van der Waals surface area contributed by atoms with Crippen molar-refractivity contribution in [3.05, 3.63) is 12.0 Å².